The van der Waals surface area contributed by atoms with Gasteiger partial charge in [0.25, 0.3) is 0 Å². The fourth-order valence-electron chi connectivity index (χ4n) is 6.08. The van der Waals surface area contributed by atoms with E-state index < -0.39 is 58.3 Å². The SMILES string of the molecule is COc1cccc(C(=O)COC(=O)CN2C(=O)[C@@H]3[C@H](C2=O)C2(Cl)c4ccccc4C3(Cl)c3ccccc32)c1. The van der Waals surface area contributed by atoms with E-state index in [9.17, 15) is 19.2 Å². The topological polar surface area (TPSA) is 90.0 Å². The number of ketones is 1. The molecule has 192 valence electrons. The summed E-state index contributed by atoms with van der Waals surface area (Å²) in [6.07, 6.45) is 0. The smallest absolute Gasteiger partial charge is 0.326 e. The van der Waals surface area contributed by atoms with E-state index in [1.807, 2.05) is 48.5 Å². The number of rotatable bonds is 6. The fourth-order valence-corrected chi connectivity index (χ4v) is 7.18. The first-order chi connectivity index (χ1) is 18.2. The molecular weight excluding hydrogens is 529 g/mol. The average Bonchev–Trinajstić information content (AvgIpc) is 3.20. The molecule has 38 heavy (non-hydrogen) atoms. The number of benzene rings is 3. The van der Waals surface area contributed by atoms with Gasteiger partial charge in [-0.15, -0.1) is 23.2 Å². The van der Waals surface area contributed by atoms with Gasteiger partial charge >= 0.3 is 5.97 Å². The van der Waals surface area contributed by atoms with Crippen molar-refractivity contribution in [3.63, 3.8) is 0 Å². The number of halogens is 2. The molecule has 2 amide bonds. The Labute approximate surface area is 228 Å². The van der Waals surface area contributed by atoms with Crippen LogP contribution in [0.25, 0.3) is 0 Å². The van der Waals surface area contributed by atoms with Gasteiger partial charge in [0.2, 0.25) is 11.8 Å². The molecule has 3 aromatic rings. The van der Waals surface area contributed by atoms with Gasteiger partial charge in [-0.1, -0.05) is 60.7 Å². The number of ether oxygens (including phenoxy) is 2. The molecular formula is C29H21Cl2NO6. The average molecular weight is 550 g/mol. The van der Waals surface area contributed by atoms with Crippen LogP contribution in [-0.4, -0.2) is 48.7 Å². The first kappa shape index (κ1) is 24.6. The first-order valence-corrected chi connectivity index (χ1v) is 12.7. The highest BCUT2D eigenvalue weighted by Crippen LogP contribution is 2.69. The van der Waals surface area contributed by atoms with E-state index >= 15 is 0 Å². The van der Waals surface area contributed by atoms with Crippen LogP contribution < -0.4 is 4.74 Å². The monoisotopic (exact) mass is 549 g/mol. The first-order valence-electron chi connectivity index (χ1n) is 12.0. The molecule has 9 heteroatoms. The van der Waals surface area contributed by atoms with Gasteiger partial charge in [-0.05, 0) is 34.4 Å². The minimum absolute atomic E-state index is 0.303. The Bertz CT molecular complexity index is 1410. The highest BCUT2D eigenvalue weighted by atomic mass is 35.5. The Kier molecular flexibility index (Phi) is 5.63. The van der Waals surface area contributed by atoms with Crippen molar-refractivity contribution in [1.29, 1.82) is 0 Å². The van der Waals surface area contributed by atoms with Crippen LogP contribution in [0.3, 0.4) is 0 Å². The zero-order valence-corrected chi connectivity index (χ0v) is 21.7. The lowest BCUT2D eigenvalue weighted by Crippen LogP contribution is -2.57. The molecule has 0 unspecified atom stereocenters. The van der Waals surface area contributed by atoms with Crippen LogP contribution in [0.2, 0.25) is 0 Å². The Morgan fingerprint density at radius 3 is 1.79 bits per heavy atom. The summed E-state index contributed by atoms with van der Waals surface area (Å²) in [5.41, 5.74) is 2.99. The third kappa shape index (κ3) is 3.21. The van der Waals surface area contributed by atoms with Crippen molar-refractivity contribution < 1.29 is 28.7 Å². The Morgan fingerprint density at radius 1 is 0.816 bits per heavy atom. The zero-order chi connectivity index (χ0) is 26.8. The molecule has 3 aromatic carbocycles. The van der Waals surface area contributed by atoms with Crippen molar-refractivity contribution >= 4 is 46.8 Å². The molecule has 0 aromatic heterocycles. The van der Waals surface area contributed by atoms with E-state index in [-0.39, 0.29) is 0 Å². The lowest BCUT2D eigenvalue weighted by molar-refractivity contribution is -0.152. The molecule has 0 saturated carbocycles. The quantitative estimate of drug-likeness (QED) is 0.200. The van der Waals surface area contributed by atoms with E-state index in [4.69, 9.17) is 32.7 Å². The second-order valence-electron chi connectivity index (χ2n) is 9.55. The van der Waals surface area contributed by atoms with Gasteiger partial charge in [0.15, 0.2) is 12.4 Å². The van der Waals surface area contributed by atoms with Gasteiger partial charge in [0, 0.05) is 5.56 Å². The number of carbonyl (C=O) groups is 4. The number of likely N-dealkylation sites (tertiary alicyclic amines) is 1. The van der Waals surface area contributed by atoms with Crippen molar-refractivity contribution in [3.05, 3.63) is 101 Å². The summed E-state index contributed by atoms with van der Waals surface area (Å²) in [6.45, 7) is -1.20. The number of carbonyl (C=O) groups excluding carboxylic acids is 4. The third-order valence-corrected chi connectivity index (χ3v) is 9.00. The molecule has 4 aliphatic rings. The van der Waals surface area contributed by atoms with E-state index in [1.54, 1.807) is 18.2 Å². The highest BCUT2D eigenvalue weighted by Gasteiger charge is 2.73. The van der Waals surface area contributed by atoms with Crippen molar-refractivity contribution in [2.75, 3.05) is 20.3 Å². The molecule has 1 fully saturated rings. The zero-order valence-electron chi connectivity index (χ0n) is 20.1. The van der Waals surface area contributed by atoms with Gasteiger partial charge < -0.3 is 9.47 Å². The van der Waals surface area contributed by atoms with E-state index in [2.05, 4.69) is 0 Å². The molecule has 1 saturated heterocycles. The van der Waals surface area contributed by atoms with Gasteiger partial charge in [-0.3, -0.25) is 24.1 Å². The van der Waals surface area contributed by atoms with Crippen LogP contribution >= 0.6 is 23.2 Å². The van der Waals surface area contributed by atoms with E-state index in [1.165, 1.54) is 13.2 Å². The Morgan fingerprint density at radius 2 is 1.32 bits per heavy atom. The van der Waals surface area contributed by atoms with Crippen LogP contribution in [0, 0.1) is 11.8 Å². The van der Waals surface area contributed by atoms with Crippen LogP contribution in [0.5, 0.6) is 5.75 Å². The maximum atomic E-state index is 13.7. The molecule has 3 aliphatic carbocycles. The van der Waals surface area contributed by atoms with E-state index in [0.717, 1.165) is 4.90 Å². The normalized spacial score (nSPS) is 26.4. The molecule has 0 N–H and O–H groups in total. The number of Topliss-reactive ketones (excluding diaryl/α,β-unsaturated/α-hetero) is 1. The van der Waals surface area contributed by atoms with Crippen molar-refractivity contribution in [1.82, 2.24) is 4.90 Å². The summed E-state index contributed by atoms with van der Waals surface area (Å²) < 4.78 is 10.3. The van der Waals surface area contributed by atoms with Crippen molar-refractivity contribution in [2.24, 2.45) is 11.8 Å². The number of amides is 2. The summed E-state index contributed by atoms with van der Waals surface area (Å²) >= 11 is 14.7. The molecule has 7 rings (SSSR count). The molecule has 0 radical (unpaired) electrons. The second kappa shape index (κ2) is 8.68. The summed E-state index contributed by atoms with van der Waals surface area (Å²) in [4.78, 5) is 50.9. The summed E-state index contributed by atoms with van der Waals surface area (Å²) in [5, 5.41) is 0. The Balaban J connectivity index is 1.28. The van der Waals surface area contributed by atoms with E-state index in [0.29, 0.717) is 33.6 Å². The molecule has 1 aliphatic heterocycles. The third-order valence-electron chi connectivity index (χ3n) is 7.72. The van der Waals surface area contributed by atoms with Gasteiger partial charge in [-0.2, -0.15) is 0 Å². The van der Waals surface area contributed by atoms with Crippen molar-refractivity contribution in [2.45, 2.75) is 9.75 Å². The molecule has 1 heterocycles. The number of nitrogens with zero attached hydrogens (tertiary/aromatic N) is 1. The molecule has 7 nitrogen and oxygen atoms in total. The lowest BCUT2D eigenvalue weighted by atomic mass is 9.54. The summed E-state index contributed by atoms with van der Waals surface area (Å²) in [6, 6.07) is 21.0. The van der Waals surface area contributed by atoms with Gasteiger partial charge in [0.05, 0.1) is 18.9 Å². The Hall–Kier alpha value is -3.68. The number of hydrogen-bond acceptors (Lipinski definition) is 6. The number of esters is 1. The maximum absolute atomic E-state index is 13.7. The molecule has 2 atom stereocenters. The standard InChI is InChI=1S/C29H21Cl2NO6/c1-37-17-8-6-7-16(13-17)22(33)15-38-23(34)14-32-26(35)24-25(27(32)36)29(31)19-10-3-2-9-18(19)28(24,30)20-11-4-5-12-21(20)29/h2-13,24-25H,14-15H2,1H3/t24-,25+,28?,29?. The minimum Gasteiger partial charge on any atom is -0.497 e. The number of alkyl halides is 2. The number of imide groups is 1. The number of methoxy groups -OCH3 is 1. The maximum Gasteiger partial charge on any atom is 0.326 e. The lowest BCUT2D eigenvalue weighted by Gasteiger charge is -2.54. The largest absolute Gasteiger partial charge is 0.497 e. The summed E-state index contributed by atoms with van der Waals surface area (Å²) in [7, 11) is 1.48. The predicted octanol–water partition coefficient (Wildman–Crippen LogP) is 4.01. The minimum atomic E-state index is -1.33. The fraction of sp³-hybridized carbons (Fsp3) is 0.241. The van der Waals surface area contributed by atoms with Crippen molar-refractivity contribution in [3.8, 4) is 5.75 Å². The number of hydrogen-bond donors (Lipinski definition) is 0. The van der Waals surface area contributed by atoms with Crippen LogP contribution in [0.15, 0.2) is 72.8 Å². The van der Waals surface area contributed by atoms with Crippen LogP contribution in [-0.2, 0) is 28.9 Å². The predicted molar refractivity (Wildman–Crippen MR) is 138 cm³/mol. The van der Waals surface area contributed by atoms with Crippen LogP contribution in [0.1, 0.15) is 32.6 Å². The highest BCUT2D eigenvalue weighted by molar-refractivity contribution is 6.36. The molecule has 0 spiro atoms. The van der Waals surface area contributed by atoms with Gasteiger partial charge in [-0.25, -0.2) is 0 Å². The van der Waals surface area contributed by atoms with Crippen LogP contribution in [0.4, 0.5) is 0 Å². The van der Waals surface area contributed by atoms with Gasteiger partial charge in [0.1, 0.15) is 22.0 Å². The molecule has 2 bridgehead atoms. The summed E-state index contributed by atoms with van der Waals surface area (Å²) in [5.74, 6) is -4.07. The second-order valence-corrected chi connectivity index (χ2v) is 10.7.